The largest absolute Gasteiger partial charge is 0.481 e. The summed E-state index contributed by atoms with van der Waals surface area (Å²) in [5, 5.41) is 10.1. The maximum absolute atomic E-state index is 12.8. The van der Waals surface area contributed by atoms with E-state index in [-0.39, 0.29) is 18.4 Å². The number of carboxylic acids is 1. The molecular formula is C19H18ClNO3. The number of hydrogen-bond donors (Lipinski definition) is 1. The minimum Gasteiger partial charge on any atom is -0.481 e. The highest BCUT2D eigenvalue weighted by Crippen LogP contribution is 2.34. The number of carboxylic acid groups (broad SMARTS) is 1. The Morgan fingerprint density at radius 3 is 2.46 bits per heavy atom. The van der Waals surface area contributed by atoms with Gasteiger partial charge in [-0.05, 0) is 36.2 Å². The first kappa shape index (κ1) is 16.5. The van der Waals surface area contributed by atoms with Crippen molar-refractivity contribution in [3.05, 3.63) is 70.2 Å². The van der Waals surface area contributed by atoms with Gasteiger partial charge in [0.05, 0.1) is 5.92 Å². The summed E-state index contributed by atoms with van der Waals surface area (Å²) >= 11 is 5.95. The van der Waals surface area contributed by atoms with Gasteiger partial charge >= 0.3 is 5.97 Å². The van der Waals surface area contributed by atoms with Crippen molar-refractivity contribution >= 4 is 23.5 Å². The number of likely N-dealkylation sites (tertiary alicyclic amines) is 1. The summed E-state index contributed by atoms with van der Waals surface area (Å²) in [6, 6.07) is 14.6. The van der Waals surface area contributed by atoms with Crippen LogP contribution in [0.3, 0.4) is 0 Å². The maximum Gasteiger partial charge on any atom is 0.308 e. The average molecular weight is 344 g/mol. The molecule has 124 valence electrons. The van der Waals surface area contributed by atoms with Gasteiger partial charge in [0.1, 0.15) is 0 Å². The lowest BCUT2D eigenvalue weighted by Gasteiger charge is -2.18. The molecule has 1 heterocycles. The number of carbonyl (C=O) groups is 2. The molecule has 4 nitrogen and oxygen atoms in total. The van der Waals surface area contributed by atoms with Crippen molar-refractivity contribution in [2.24, 2.45) is 5.92 Å². The summed E-state index contributed by atoms with van der Waals surface area (Å²) in [4.78, 5) is 26.1. The molecule has 2 unspecified atom stereocenters. The van der Waals surface area contributed by atoms with Crippen molar-refractivity contribution in [3.8, 4) is 0 Å². The SMILES string of the molecule is Cc1cc(Cl)ccc1C(=O)N1CC(C(=O)O)C(c2ccccc2)C1. The molecule has 2 atom stereocenters. The number of aliphatic carboxylic acids is 1. The monoisotopic (exact) mass is 343 g/mol. The molecule has 1 fully saturated rings. The molecule has 0 aromatic heterocycles. The molecule has 1 N–H and O–H groups in total. The molecule has 1 amide bonds. The normalized spacial score (nSPS) is 20.2. The molecule has 1 aliphatic rings. The zero-order valence-electron chi connectivity index (χ0n) is 13.3. The van der Waals surface area contributed by atoms with Gasteiger partial charge in [0.2, 0.25) is 0 Å². The average Bonchev–Trinajstić information content (AvgIpc) is 3.01. The number of rotatable bonds is 3. The molecule has 0 radical (unpaired) electrons. The van der Waals surface area contributed by atoms with Crippen molar-refractivity contribution < 1.29 is 14.7 Å². The van der Waals surface area contributed by atoms with Gasteiger partial charge < -0.3 is 10.0 Å². The second-order valence-electron chi connectivity index (χ2n) is 6.13. The highest BCUT2D eigenvalue weighted by Gasteiger charge is 2.40. The summed E-state index contributed by atoms with van der Waals surface area (Å²) in [5.74, 6) is -1.80. The van der Waals surface area contributed by atoms with E-state index in [0.717, 1.165) is 11.1 Å². The highest BCUT2D eigenvalue weighted by molar-refractivity contribution is 6.30. The third-order valence-corrected chi connectivity index (χ3v) is 4.81. The number of halogens is 1. The van der Waals surface area contributed by atoms with Crippen LogP contribution in [0, 0.1) is 12.8 Å². The quantitative estimate of drug-likeness (QED) is 0.926. The Bertz CT molecular complexity index is 775. The van der Waals surface area contributed by atoms with Gasteiger partial charge in [-0.3, -0.25) is 9.59 Å². The van der Waals surface area contributed by atoms with Gasteiger partial charge in [-0.1, -0.05) is 41.9 Å². The van der Waals surface area contributed by atoms with E-state index in [4.69, 9.17) is 11.6 Å². The van der Waals surface area contributed by atoms with Gasteiger partial charge in [-0.2, -0.15) is 0 Å². The Labute approximate surface area is 145 Å². The van der Waals surface area contributed by atoms with Gasteiger partial charge in [-0.15, -0.1) is 0 Å². The van der Waals surface area contributed by atoms with E-state index >= 15 is 0 Å². The number of carbonyl (C=O) groups excluding carboxylic acids is 1. The molecule has 2 aromatic carbocycles. The second-order valence-corrected chi connectivity index (χ2v) is 6.57. The topological polar surface area (TPSA) is 57.6 Å². The Hall–Kier alpha value is -2.33. The van der Waals surface area contributed by atoms with Gasteiger partial charge in [-0.25, -0.2) is 0 Å². The van der Waals surface area contributed by atoms with Crippen LogP contribution in [-0.2, 0) is 4.79 Å². The van der Waals surface area contributed by atoms with Gasteiger partial charge in [0, 0.05) is 29.6 Å². The molecule has 2 aromatic rings. The van der Waals surface area contributed by atoms with E-state index in [0.29, 0.717) is 17.1 Å². The van der Waals surface area contributed by atoms with E-state index in [1.807, 2.05) is 37.3 Å². The van der Waals surface area contributed by atoms with Gasteiger partial charge in [0.15, 0.2) is 0 Å². The Kier molecular flexibility index (Phi) is 4.58. The fourth-order valence-electron chi connectivity index (χ4n) is 3.30. The summed E-state index contributed by atoms with van der Waals surface area (Å²) in [6.07, 6.45) is 0. The third kappa shape index (κ3) is 3.15. The lowest BCUT2D eigenvalue weighted by Crippen LogP contribution is -2.30. The van der Waals surface area contributed by atoms with Gasteiger partial charge in [0.25, 0.3) is 5.91 Å². The summed E-state index contributed by atoms with van der Waals surface area (Å²) < 4.78 is 0. The Balaban J connectivity index is 1.87. The van der Waals surface area contributed by atoms with Crippen molar-refractivity contribution in [2.75, 3.05) is 13.1 Å². The fraction of sp³-hybridized carbons (Fsp3) is 0.263. The number of hydrogen-bond acceptors (Lipinski definition) is 2. The highest BCUT2D eigenvalue weighted by atomic mass is 35.5. The minimum absolute atomic E-state index is 0.145. The molecule has 0 bridgehead atoms. The first-order chi connectivity index (χ1) is 11.5. The van der Waals surface area contributed by atoms with Crippen molar-refractivity contribution in [1.82, 2.24) is 4.90 Å². The molecule has 24 heavy (non-hydrogen) atoms. The number of nitrogens with zero attached hydrogens (tertiary/aromatic N) is 1. The summed E-state index contributed by atoms with van der Waals surface area (Å²) in [6.45, 7) is 2.45. The molecule has 5 heteroatoms. The van der Waals surface area contributed by atoms with E-state index in [2.05, 4.69) is 0 Å². The molecule has 3 rings (SSSR count). The number of aryl methyl sites for hydroxylation is 1. The Morgan fingerprint density at radius 2 is 1.83 bits per heavy atom. The van der Waals surface area contributed by atoms with Crippen molar-refractivity contribution in [1.29, 1.82) is 0 Å². The predicted octanol–water partition coefficient (Wildman–Crippen LogP) is 3.59. The molecule has 1 saturated heterocycles. The minimum atomic E-state index is -0.869. The molecule has 0 saturated carbocycles. The zero-order valence-corrected chi connectivity index (χ0v) is 14.0. The molecule has 0 spiro atoms. The van der Waals surface area contributed by atoms with Crippen molar-refractivity contribution in [3.63, 3.8) is 0 Å². The third-order valence-electron chi connectivity index (χ3n) is 4.57. The van der Waals surface area contributed by atoms with Crippen LogP contribution in [0.15, 0.2) is 48.5 Å². The van der Waals surface area contributed by atoms with Crippen LogP contribution in [0.4, 0.5) is 0 Å². The first-order valence-corrected chi connectivity index (χ1v) is 8.18. The number of amides is 1. The van der Waals surface area contributed by atoms with Crippen molar-refractivity contribution in [2.45, 2.75) is 12.8 Å². The standard InChI is InChI=1S/C19H18ClNO3/c1-12-9-14(20)7-8-15(12)18(22)21-10-16(17(11-21)19(23)24)13-5-3-2-4-6-13/h2-9,16-17H,10-11H2,1H3,(H,23,24). The number of benzene rings is 2. The first-order valence-electron chi connectivity index (χ1n) is 7.80. The molecular weight excluding hydrogens is 326 g/mol. The van der Waals surface area contributed by atoms with Crippen LogP contribution in [0.1, 0.15) is 27.4 Å². The zero-order chi connectivity index (χ0) is 17.3. The Morgan fingerprint density at radius 1 is 1.12 bits per heavy atom. The van der Waals surface area contributed by atoms with Crippen LogP contribution in [-0.4, -0.2) is 35.0 Å². The summed E-state index contributed by atoms with van der Waals surface area (Å²) in [7, 11) is 0. The van der Waals surface area contributed by atoms with Crippen LogP contribution in [0.25, 0.3) is 0 Å². The maximum atomic E-state index is 12.8. The van der Waals surface area contributed by atoms with Crippen LogP contribution >= 0.6 is 11.6 Å². The van der Waals surface area contributed by atoms with E-state index in [1.54, 1.807) is 23.1 Å². The van der Waals surface area contributed by atoms with E-state index in [1.165, 1.54) is 0 Å². The summed E-state index contributed by atoms with van der Waals surface area (Å²) in [5.41, 5.74) is 2.31. The lowest BCUT2D eigenvalue weighted by molar-refractivity contribution is -0.141. The molecule has 0 aliphatic carbocycles. The van der Waals surface area contributed by atoms with Crippen LogP contribution < -0.4 is 0 Å². The smallest absolute Gasteiger partial charge is 0.308 e. The van der Waals surface area contributed by atoms with Crippen LogP contribution in [0.5, 0.6) is 0 Å². The molecule has 1 aliphatic heterocycles. The lowest BCUT2D eigenvalue weighted by atomic mass is 9.89. The predicted molar refractivity (Wildman–Crippen MR) is 92.4 cm³/mol. The van der Waals surface area contributed by atoms with Crippen LogP contribution in [0.2, 0.25) is 5.02 Å². The van der Waals surface area contributed by atoms with E-state index < -0.39 is 11.9 Å². The fourth-order valence-corrected chi connectivity index (χ4v) is 3.52. The van der Waals surface area contributed by atoms with E-state index in [9.17, 15) is 14.7 Å². The second kappa shape index (κ2) is 6.65.